The Morgan fingerprint density at radius 2 is 2.24 bits per heavy atom. The number of nitrogens with one attached hydrogen (secondary N) is 1. The summed E-state index contributed by atoms with van der Waals surface area (Å²) in [7, 11) is 1.98. The standard InChI is InChI=1S/C13H19N3O/c1-15-10-5-4-8-16(9-10)12-7-3-2-6-11(12)13(14)17/h2-3,6-7,10,15H,4-5,8-9H2,1H3,(H2,14,17). The zero-order valence-corrected chi connectivity index (χ0v) is 10.1. The number of hydrogen-bond donors (Lipinski definition) is 2. The number of likely N-dealkylation sites (N-methyl/N-ethyl adjacent to an activating group) is 1. The highest BCUT2D eigenvalue weighted by Crippen LogP contribution is 2.23. The Balaban J connectivity index is 2.24. The van der Waals surface area contributed by atoms with Gasteiger partial charge in [-0.3, -0.25) is 4.79 Å². The summed E-state index contributed by atoms with van der Waals surface area (Å²) < 4.78 is 0. The Bertz CT molecular complexity index is 405. The van der Waals surface area contributed by atoms with E-state index in [-0.39, 0.29) is 5.91 Å². The van der Waals surface area contributed by atoms with Crippen molar-refractivity contribution in [2.75, 3.05) is 25.0 Å². The van der Waals surface area contributed by atoms with E-state index in [4.69, 9.17) is 5.73 Å². The smallest absolute Gasteiger partial charge is 0.250 e. The predicted molar refractivity (Wildman–Crippen MR) is 69.3 cm³/mol. The third-order valence-corrected chi connectivity index (χ3v) is 3.34. The molecule has 1 aliphatic rings. The lowest BCUT2D eigenvalue weighted by atomic mass is 10.0. The van der Waals surface area contributed by atoms with Gasteiger partial charge in [0.1, 0.15) is 0 Å². The van der Waals surface area contributed by atoms with Gasteiger partial charge in [-0.25, -0.2) is 0 Å². The Hall–Kier alpha value is -1.55. The molecule has 0 saturated carbocycles. The van der Waals surface area contributed by atoms with Crippen LogP contribution in [0.25, 0.3) is 0 Å². The molecule has 4 nitrogen and oxygen atoms in total. The van der Waals surface area contributed by atoms with E-state index in [0.717, 1.165) is 25.2 Å². The maximum Gasteiger partial charge on any atom is 0.250 e. The van der Waals surface area contributed by atoms with Gasteiger partial charge in [-0.2, -0.15) is 0 Å². The second-order valence-corrected chi connectivity index (χ2v) is 4.46. The van der Waals surface area contributed by atoms with Crippen molar-refractivity contribution in [1.82, 2.24) is 5.32 Å². The van der Waals surface area contributed by atoms with E-state index in [9.17, 15) is 4.79 Å². The van der Waals surface area contributed by atoms with E-state index < -0.39 is 0 Å². The number of rotatable bonds is 3. The van der Waals surface area contributed by atoms with Gasteiger partial charge in [0, 0.05) is 24.8 Å². The van der Waals surface area contributed by atoms with Crippen molar-refractivity contribution in [3.05, 3.63) is 29.8 Å². The van der Waals surface area contributed by atoms with E-state index in [1.165, 1.54) is 6.42 Å². The third kappa shape index (κ3) is 2.58. The van der Waals surface area contributed by atoms with Gasteiger partial charge in [0.15, 0.2) is 0 Å². The van der Waals surface area contributed by atoms with Gasteiger partial charge in [-0.05, 0) is 32.0 Å². The first-order chi connectivity index (χ1) is 8.22. The highest BCUT2D eigenvalue weighted by atomic mass is 16.1. The van der Waals surface area contributed by atoms with Crippen LogP contribution in [0.4, 0.5) is 5.69 Å². The second kappa shape index (κ2) is 5.19. The minimum Gasteiger partial charge on any atom is -0.369 e. The van der Waals surface area contributed by atoms with Gasteiger partial charge in [0.25, 0.3) is 5.91 Å². The van der Waals surface area contributed by atoms with E-state index >= 15 is 0 Å². The SMILES string of the molecule is CNC1CCCN(c2ccccc2C(N)=O)C1. The van der Waals surface area contributed by atoms with Gasteiger partial charge >= 0.3 is 0 Å². The van der Waals surface area contributed by atoms with Crippen LogP contribution in [-0.4, -0.2) is 32.1 Å². The number of nitrogens with zero attached hydrogens (tertiary/aromatic N) is 1. The lowest BCUT2D eigenvalue weighted by molar-refractivity contribution is 0.100. The summed E-state index contributed by atoms with van der Waals surface area (Å²) in [6.45, 7) is 1.92. The normalized spacial score (nSPS) is 20.3. The van der Waals surface area contributed by atoms with Crippen molar-refractivity contribution < 1.29 is 4.79 Å². The number of primary amides is 1. The number of nitrogens with two attached hydrogens (primary N) is 1. The fourth-order valence-electron chi connectivity index (χ4n) is 2.39. The lowest BCUT2D eigenvalue weighted by Crippen LogP contribution is -2.45. The summed E-state index contributed by atoms with van der Waals surface area (Å²) in [6.07, 6.45) is 2.32. The monoisotopic (exact) mass is 233 g/mol. The van der Waals surface area contributed by atoms with Crippen molar-refractivity contribution in [3.63, 3.8) is 0 Å². The first kappa shape index (κ1) is 11.9. The average Bonchev–Trinajstić information content (AvgIpc) is 2.39. The molecule has 1 fully saturated rings. The molecule has 0 bridgehead atoms. The first-order valence-electron chi connectivity index (χ1n) is 6.03. The van der Waals surface area contributed by atoms with Crippen LogP contribution in [-0.2, 0) is 0 Å². The molecule has 1 atom stereocenters. The van der Waals surface area contributed by atoms with Crippen LogP contribution in [0.3, 0.4) is 0 Å². The molecule has 0 spiro atoms. The van der Waals surface area contributed by atoms with Crippen molar-refractivity contribution >= 4 is 11.6 Å². The molecule has 1 aromatic carbocycles. The number of carbonyl (C=O) groups is 1. The van der Waals surface area contributed by atoms with Crippen LogP contribution in [0, 0.1) is 0 Å². The quantitative estimate of drug-likeness (QED) is 0.818. The van der Waals surface area contributed by atoms with E-state index in [0.29, 0.717) is 11.6 Å². The number of benzene rings is 1. The highest BCUT2D eigenvalue weighted by Gasteiger charge is 2.21. The van der Waals surface area contributed by atoms with Crippen molar-refractivity contribution in [2.45, 2.75) is 18.9 Å². The Morgan fingerprint density at radius 3 is 2.94 bits per heavy atom. The van der Waals surface area contributed by atoms with Crippen molar-refractivity contribution in [1.29, 1.82) is 0 Å². The highest BCUT2D eigenvalue weighted by molar-refractivity contribution is 5.98. The minimum atomic E-state index is -0.354. The molecule has 17 heavy (non-hydrogen) atoms. The van der Waals surface area contributed by atoms with E-state index in [1.54, 1.807) is 6.07 Å². The molecular weight excluding hydrogens is 214 g/mol. The van der Waals surface area contributed by atoms with Gasteiger partial charge in [0.05, 0.1) is 5.56 Å². The molecule has 1 saturated heterocycles. The number of para-hydroxylation sites is 1. The summed E-state index contributed by atoms with van der Waals surface area (Å²) in [5.41, 5.74) is 6.98. The Labute approximate surface area is 102 Å². The molecule has 0 aromatic heterocycles. The maximum absolute atomic E-state index is 11.4. The van der Waals surface area contributed by atoms with Gasteiger partial charge in [0.2, 0.25) is 0 Å². The molecular formula is C13H19N3O. The molecule has 3 N–H and O–H groups in total. The second-order valence-electron chi connectivity index (χ2n) is 4.46. The molecule has 0 aliphatic carbocycles. The molecule has 0 radical (unpaired) electrons. The van der Waals surface area contributed by atoms with Crippen LogP contribution < -0.4 is 16.0 Å². The van der Waals surface area contributed by atoms with Crippen LogP contribution >= 0.6 is 0 Å². The molecule has 1 amide bonds. The van der Waals surface area contributed by atoms with Crippen molar-refractivity contribution in [3.8, 4) is 0 Å². The average molecular weight is 233 g/mol. The molecule has 4 heteroatoms. The van der Waals surface area contributed by atoms with Gasteiger partial charge in [-0.1, -0.05) is 12.1 Å². The minimum absolute atomic E-state index is 0.354. The summed E-state index contributed by atoms with van der Waals surface area (Å²) in [5, 5.41) is 3.29. The number of amides is 1. The summed E-state index contributed by atoms with van der Waals surface area (Å²) in [4.78, 5) is 13.6. The largest absolute Gasteiger partial charge is 0.369 e. The zero-order chi connectivity index (χ0) is 12.3. The van der Waals surface area contributed by atoms with Crippen LogP contribution in [0.5, 0.6) is 0 Å². The maximum atomic E-state index is 11.4. The first-order valence-corrected chi connectivity index (χ1v) is 6.03. The lowest BCUT2D eigenvalue weighted by Gasteiger charge is -2.35. The number of anilines is 1. The third-order valence-electron chi connectivity index (χ3n) is 3.34. The molecule has 1 aliphatic heterocycles. The predicted octanol–water partition coefficient (Wildman–Crippen LogP) is 0.974. The number of hydrogen-bond acceptors (Lipinski definition) is 3. The van der Waals surface area contributed by atoms with E-state index in [1.807, 2.05) is 25.2 Å². The molecule has 92 valence electrons. The summed E-state index contributed by atoms with van der Waals surface area (Å²) in [5.74, 6) is -0.354. The van der Waals surface area contributed by atoms with Crippen LogP contribution in [0.2, 0.25) is 0 Å². The van der Waals surface area contributed by atoms with Gasteiger partial charge in [-0.15, -0.1) is 0 Å². The van der Waals surface area contributed by atoms with Gasteiger partial charge < -0.3 is 16.0 Å². The number of carbonyl (C=O) groups excluding carboxylic acids is 1. The van der Waals surface area contributed by atoms with Crippen LogP contribution in [0.15, 0.2) is 24.3 Å². The Morgan fingerprint density at radius 1 is 1.47 bits per heavy atom. The fraction of sp³-hybridized carbons (Fsp3) is 0.462. The van der Waals surface area contributed by atoms with Crippen molar-refractivity contribution in [2.24, 2.45) is 5.73 Å². The molecule has 2 rings (SSSR count). The van der Waals surface area contributed by atoms with Crippen LogP contribution in [0.1, 0.15) is 23.2 Å². The molecule has 1 heterocycles. The molecule has 1 unspecified atom stereocenters. The summed E-state index contributed by atoms with van der Waals surface area (Å²) >= 11 is 0. The topological polar surface area (TPSA) is 58.4 Å². The number of piperidine rings is 1. The molecule has 1 aromatic rings. The fourth-order valence-corrected chi connectivity index (χ4v) is 2.39. The van der Waals surface area contributed by atoms with E-state index in [2.05, 4.69) is 10.2 Å². The summed E-state index contributed by atoms with van der Waals surface area (Å²) in [6, 6.07) is 8.05. The Kier molecular flexibility index (Phi) is 3.64. The zero-order valence-electron chi connectivity index (χ0n) is 10.1.